The second-order valence-corrected chi connectivity index (χ2v) is 3.22. The first-order chi connectivity index (χ1) is 7.10. The smallest absolute Gasteiger partial charge is 0.322 e. The highest BCUT2D eigenvalue weighted by Gasteiger charge is 2.50. The van der Waals surface area contributed by atoms with Crippen molar-refractivity contribution in [2.45, 2.75) is 12.5 Å². The molecule has 8 nitrogen and oxygen atoms in total. The number of urea groups is 1. The summed E-state index contributed by atoms with van der Waals surface area (Å²) < 4.78 is 4.48. The van der Waals surface area contributed by atoms with Crippen molar-refractivity contribution in [2.24, 2.45) is 5.73 Å². The molecule has 1 saturated heterocycles. The van der Waals surface area contributed by atoms with Crippen LogP contribution < -0.4 is 16.4 Å². The van der Waals surface area contributed by atoms with Crippen LogP contribution in [0.1, 0.15) is 11.4 Å². The molecule has 1 unspecified atom stereocenters. The molecule has 0 radical (unpaired) electrons. The zero-order valence-corrected chi connectivity index (χ0v) is 7.90. The van der Waals surface area contributed by atoms with E-state index in [2.05, 4.69) is 25.6 Å². The number of aromatic nitrogens is 2. The van der Waals surface area contributed by atoms with E-state index in [1.165, 1.54) is 0 Å². The van der Waals surface area contributed by atoms with E-state index < -0.39 is 17.5 Å². The summed E-state index contributed by atoms with van der Waals surface area (Å²) in [6.45, 7) is 1.50. The molecule has 0 aliphatic carbocycles. The van der Waals surface area contributed by atoms with Gasteiger partial charge in [0.25, 0.3) is 5.91 Å². The zero-order chi connectivity index (χ0) is 11.1. The number of nitrogens with one attached hydrogen (secondary N) is 2. The van der Waals surface area contributed by atoms with Crippen LogP contribution in [0.4, 0.5) is 4.79 Å². The lowest BCUT2D eigenvalue weighted by atomic mass is 9.94. The quantitative estimate of drug-likeness (QED) is 0.505. The number of hydrogen-bond acceptors (Lipinski definition) is 6. The summed E-state index contributed by atoms with van der Waals surface area (Å²) in [4.78, 5) is 22.7. The fourth-order valence-electron chi connectivity index (χ4n) is 1.52. The first kappa shape index (κ1) is 9.59. The fourth-order valence-corrected chi connectivity index (χ4v) is 1.52. The average molecular weight is 211 g/mol. The monoisotopic (exact) mass is 211 g/mol. The molecule has 0 aromatic carbocycles. The molecule has 8 heteroatoms. The SMILES string of the molecule is Cc1nonc1C1(CN)NC(=O)NC1=O. The Kier molecular flexibility index (Phi) is 1.93. The van der Waals surface area contributed by atoms with Crippen LogP contribution in [0.5, 0.6) is 0 Å². The summed E-state index contributed by atoms with van der Waals surface area (Å²) >= 11 is 0. The van der Waals surface area contributed by atoms with Gasteiger partial charge < -0.3 is 11.1 Å². The molecule has 3 amide bonds. The van der Waals surface area contributed by atoms with Crippen molar-refractivity contribution < 1.29 is 14.2 Å². The number of hydrogen-bond donors (Lipinski definition) is 3. The van der Waals surface area contributed by atoms with Crippen LogP contribution >= 0.6 is 0 Å². The van der Waals surface area contributed by atoms with Gasteiger partial charge in [0.05, 0.1) is 0 Å². The van der Waals surface area contributed by atoms with Gasteiger partial charge in [0, 0.05) is 6.54 Å². The molecule has 1 aliphatic heterocycles. The maximum absolute atomic E-state index is 11.6. The van der Waals surface area contributed by atoms with Gasteiger partial charge in [-0.1, -0.05) is 10.3 Å². The molecule has 2 rings (SSSR count). The molecule has 1 aromatic heterocycles. The Morgan fingerprint density at radius 3 is 2.60 bits per heavy atom. The molecule has 0 saturated carbocycles. The zero-order valence-electron chi connectivity index (χ0n) is 7.90. The summed E-state index contributed by atoms with van der Waals surface area (Å²) in [5, 5.41) is 11.6. The fraction of sp³-hybridized carbons (Fsp3) is 0.429. The topological polar surface area (TPSA) is 123 Å². The lowest BCUT2D eigenvalue weighted by molar-refractivity contribution is -0.124. The highest BCUT2D eigenvalue weighted by molar-refractivity contribution is 6.07. The summed E-state index contributed by atoms with van der Waals surface area (Å²) in [6.07, 6.45) is 0. The van der Waals surface area contributed by atoms with E-state index in [9.17, 15) is 9.59 Å². The van der Waals surface area contributed by atoms with E-state index in [1.54, 1.807) is 6.92 Å². The van der Waals surface area contributed by atoms with Crippen molar-refractivity contribution in [1.82, 2.24) is 20.9 Å². The molecule has 1 aliphatic rings. The van der Waals surface area contributed by atoms with Gasteiger partial charge in [0.2, 0.25) is 0 Å². The van der Waals surface area contributed by atoms with Crippen molar-refractivity contribution in [2.75, 3.05) is 6.54 Å². The average Bonchev–Trinajstić information content (AvgIpc) is 2.71. The number of amides is 3. The van der Waals surface area contributed by atoms with Crippen LogP contribution in [0.2, 0.25) is 0 Å². The Hall–Kier alpha value is -1.96. The second kappa shape index (κ2) is 3.02. The Morgan fingerprint density at radius 1 is 1.47 bits per heavy atom. The first-order valence-electron chi connectivity index (χ1n) is 4.23. The summed E-state index contributed by atoms with van der Waals surface area (Å²) in [5.41, 5.74) is 4.78. The molecule has 1 fully saturated rings. The number of nitrogens with two attached hydrogens (primary N) is 1. The van der Waals surface area contributed by atoms with Gasteiger partial charge in [0.1, 0.15) is 11.4 Å². The van der Waals surface area contributed by atoms with Crippen molar-refractivity contribution in [3.63, 3.8) is 0 Å². The second-order valence-electron chi connectivity index (χ2n) is 3.22. The predicted molar refractivity (Wildman–Crippen MR) is 46.4 cm³/mol. The standard InChI is InChI=1S/C7H9N5O3/c1-3-4(12-15-11-3)7(2-8)5(13)9-6(14)10-7/h2,8H2,1H3,(H2,9,10,13,14). The highest BCUT2D eigenvalue weighted by atomic mass is 16.6. The third kappa shape index (κ3) is 1.18. The Bertz CT molecular complexity index is 428. The molecular formula is C7H9N5O3. The van der Waals surface area contributed by atoms with Gasteiger partial charge in [-0.05, 0) is 6.92 Å². The van der Waals surface area contributed by atoms with Crippen molar-refractivity contribution >= 4 is 11.9 Å². The largest absolute Gasteiger partial charge is 0.327 e. The van der Waals surface area contributed by atoms with E-state index in [1.807, 2.05) is 0 Å². The molecular weight excluding hydrogens is 202 g/mol. The van der Waals surface area contributed by atoms with Gasteiger partial charge in [-0.25, -0.2) is 9.42 Å². The van der Waals surface area contributed by atoms with Crippen LogP contribution in [0.25, 0.3) is 0 Å². The van der Waals surface area contributed by atoms with Crippen LogP contribution in [0.15, 0.2) is 4.63 Å². The predicted octanol–water partition coefficient (Wildman–Crippen LogP) is -1.63. The number of rotatable bonds is 2. The lowest BCUT2D eigenvalue weighted by Gasteiger charge is -2.20. The van der Waals surface area contributed by atoms with E-state index in [4.69, 9.17) is 5.73 Å². The summed E-state index contributed by atoms with van der Waals surface area (Å²) in [7, 11) is 0. The molecule has 15 heavy (non-hydrogen) atoms. The maximum Gasteiger partial charge on any atom is 0.322 e. The molecule has 0 bridgehead atoms. The van der Waals surface area contributed by atoms with Crippen LogP contribution in [-0.4, -0.2) is 28.8 Å². The van der Waals surface area contributed by atoms with Gasteiger partial charge in [-0.3, -0.25) is 10.1 Å². The first-order valence-corrected chi connectivity index (χ1v) is 4.23. The van der Waals surface area contributed by atoms with Gasteiger partial charge in [-0.2, -0.15) is 0 Å². The molecule has 1 aromatic rings. The Balaban J connectivity index is 2.51. The van der Waals surface area contributed by atoms with E-state index in [0.29, 0.717) is 5.69 Å². The van der Waals surface area contributed by atoms with E-state index in [0.717, 1.165) is 0 Å². The summed E-state index contributed by atoms with van der Waals surface area (Å²) in [5.74, 6) is -0.547. The number of aryl methyl sites for hydroxylation is 1. The van der Waals surface area contributed by atoms with Gasteiger partial charge in [-0.15, -0.1) is 0 Å². The summed E-state index contributed by atoms with van der Waals surface area (Å²) in [6, 6.07) is -0.604. The van der Waals surface area contributed by atoms with Crippen molar-refractivity contribution in [1.29, 1.82) is 0 Å². The van der Waals surface area contributed by atoms with Crippen LogP contribution in [0.3, 0.4) is 0 Å². The lowest BCUT2D eigenvalue weighted by Crippen LogP contribution is -2.50. The highest BCUT2D eigenvalue weighted by Crippen LogP contribution is 2.23. The van der Waals surface area contributed by atoms with E-state index in [-0.39, 0.29) is 12.2 Å². The molecule has 80 valence electrons. The van der Waals surface area contributed by atoms with E-state index >= 15 is 0 Å². The minimum atomic E-state index is -1.36. The molecule has 1 atom stereocenters. The minimum absolute atomic E-state index is 0.111. The minimum Gasteiger partial charge on any atom is -0.327 e. The number of carbonyl (C=O) groups is 2. The van der Waals surface area contributed by atoms with Crippen molar-refractivity contribution in [3.8, 4) is 0 Å². The third-order valence-corrected chi connectivity index (χ3v) is 2.30. The number of imide groups is 1. The Labute approximate surface area is 84.1 Å². The number of nitrogens with zero attached hydrogens (tertiary/aromatic N) is 2. The number of carbonyl (C=O) groups excluding carboxylic acids is 2. The maximum atomic E-state index is 11.6. The van der Waals surface area contributed by atoms with Crippen molar-refractivity contribution in [3.05, 3.63) is 11.4 Å². The molecule has 0 spiro atoms. The molecule has 4 N–H and O–H groups in total. The van der Waals surface area contributed by atoms with Crippen LogP contribution in [0, 0.1) is 6.92 Å². The Morgan fingerprint density at radius 2 is 2.20 bits per heavy atom. The normalized spacial score (nSPS) is 25.2. The van der Waals surface area contributed by atoms with Gasteiger partial charge in [0.15, 0.2) is 5.54 Å². The van der Waals surface area contributed by atoms with Crippen LogP contribution in [-0.2, 0) is 10.3 Å². The van der Waals surface area contributed by atoms with Gasteiger partial charge >= 0.3 is 6.03 Å². The molecule has 2 heterocycles. The third-order valence-electron chi connectivity index (χ3n) is 2.30.